The number of aliphatic hydroxyl groups is 1. The van der Waals surface area contributed by atoms with Crippen molar-refractivity contribution in [3.63, 3.8) is 0 Å². The van der Waals surface area contributed by atoms with Gasteiger partial charge in [0.2, 0.25) is 5.91 Å². The largest absolute Gasteiger partial charge is 0.387 e. The molecule has 0 radical (unpaired) electrons. The summed E-state index contributed by atoms with van der Waals surface area (Å²) < 4.78 is 5.51. The van der Waals surface area contributed by atoms with Gasteiger partial charge in [0.15, 0.2) is 0 Å². The maximum absolute atomic E-state index is 11.7. The summed E-state index contributed by atoms with van der Waals surface area (Å²) in [6.45, 7) is 3.28. The summed E-state index contributed by atoms with van der Waals surface area (Å²) >= 11 is 0. The van der Waals surface area contributed by atoms with Crippen LogP contribution in [0.1, 0.15) is 32.6 Å². The molecule has 1 amide bonds. The Balaban J connectivity index is 2.23. The van der Waals surface area contributed by atoms with Crippen LogP contribution in [0.5, 0.6) is 0 Å². The predicted molar refractivity (Wildman–Crippen MR) is 70.4 cm³/mol. The number of likely N-dealkylation sites (N-methyl/N-ethyl adjacent to an activating group) is 1. The minimum atomic E-state index is -0.896. The summed E-state index contributed by atoms with van der Waals surface area (Å²) in [6.07, 6.45) is 3.64. The van der Waals surface area contributed by atoms with Crippen molar-refractivity contribution in [2.24, 2.45) is 0 Å². The van der Waals surface area contributed by atoms with Crippen molar-refractivity contribution in [2.45, 2.75) is 44.3 Å². The normalized spacial score (nSPS) is 23.7. The molecule has 0 saturated carbocycles. The number of hydrogen-bond donors (Lipinski definition) is 2. The lowest BCUT2D eigenvalue weighted by Gasteiger charge is -2.28. The van der Waals surface area contributed by atoms with E-state index in [0.29, 0.717) is 13.0 Å². The maximum atomic E-state index is 11.7. The van der Waals surface area contributed by atoms with Crippen LogP contribution < -0.4 is 5.32 Å². The maximum Gasteiger partial charge on any atom is 0.222 e. The van der Waals surface area contributed by atoms with Crippen molar-refractivity contribution in [1.82, 2.24) is 10.2 Å². The fraction of sp³-hybridized carbons (Fsp3) is 0.923. The van der Waals surface area contributed by atoms with Gasteiger partial charge in [0.05, 0.1) is 18.1 Å². The van der Waals surface area contributed by atoms with E-state index in [4.69, 9.17) is 4.74 Å². The Bertz CT molecular complexity index is 261. The van der Waals surface area contributed by atoms with Crippen LogP contribution in [0, 0.1) is 0 Å². The Morgan fingerprint density at radius 3 is 2.78 bits per heavy atom. The molecule has 1 saturated heterocycles. The second-order valence-electron chi connectivity index (χ2n) is 5.70. The molecule has 1 aliphatic heterocycles. The van der Waals surface area contributed by atoms with Crippen LogP contribution in [0.15, 0.2) is 0 Å². The zero-order valence-electron chi connectivity index (χ0n) is 11.7. The Morgan fingerprint density at radius 2 is 2.22 bits per heavy atom. The number of ether oxygens (including phenoxy) is 1. The van der Waals surface area contributed by atoms with E-state index < -0.39 is 5.60 Å². The zero-order chi connectivity index (χ0) is 13.6. The number of amides is 1. The summed E-state index contributed by atoms with van der Waals surface area (Å²) in [7, 11) is 3.79. The Labute approximate surface area is 109 Å². The molecule has 106 valence electrons. The first-order valence-corrected chi connectivity index (χ1v) is 6.64. The standard InChI is InChI=1S/C13H26N2O3/c1-13(17,10-15(2)3)9-14-12(16)8-11-6-4-5-7-18-11/h11,17H,4-10H2,1-3H3,(H,14,16). The molecule has 2 N–H and O–H groups in total. The van der Waals surface area contributed by atoms with Crippen LogP contribution in [0.4, 0.5) is 0 Å². The van der Waals surface area contributed by atoms with Gasteiger partial charge in [-0.05, 0) is 40.3 Å². The van der Waals surface area contributed by atoms with E-state index in [1.165, 1.54) is 0 Å². The second-order valence-corrected chi connectivity index (χ2v) is 5.70. The lowest BCUT2D eigenvalue weighted by molar-refractivity contribution is -0.126. The third-order valence-corrected chi connectivity index (χ3v) is 3.01. The topological polar surface area (TPSA) is 61.8 Å². The Kier molecular flexibility index (Phi) is 6.05. The van der Waals surface area contributed by atoms with E-state index in [2.05, 4.69) is 5.32 Å². The minimum Gasteiger partial charge on any atom is -0.387 e. The van der Waals surface area contributed by atoms with E-state index in [-0.39, 0.29) is 18.6 Å². The van der Waals surface area contributed by atoms with Gasteiger partial charge in [-0.15, -0.1) is 0 Å². The molecule has 0 aliphatic carbocycles. The molecule has 1 aliphatic rings. The van der Waals surface area contributed by atoms with Crippen LogP contribution in [0.3, 0.4) is 0 Å². The highest BCUT2D eigenvalue weighted by Crippen LogP contribution is 2.15. The monoisotopic (exact) mass is 258 g/mol. The number of rotatable bonds is 6. The molecule has 18 heavy (non-hydrogen) atoms. The van der Waals surface area contributed by atoms with Crippen molar-refractivity contribution >= 4 is 5.91 Å². The van der Waals surface area contributed by atoms with Gasteiger partial charge in [0.1, 0.15) is 0 Å². The average molecular weight is 258 g/mol. The van der Waals surface area contributed by atoms with Crippen LogP contribution in [0.2, 0.25) is 0 Å². The highest BCUT2D eigenvalue weighted by molar-refractivity contribution is 5.76. The number of carbonyl (C=O) groups is 1. The van der Waals surface area contributed by atoms with Crippen LogP contribution in [-0.2, 0) is 9.53 Å². The van der Waals surface area contributed by atoms with Crippen molar-refractivity contribution in [3.05, 3.63) is 0 Å². The molecular weight excluding hydrogens is 232 g/mol. The molecule has 5 heteroatoms. The van der Waals surface area contributed by atoms with E-state index in [1.54, 1.807) is 6.92 Å². The van der Waals surface area contributed by atoms with Gasteiger partial charge in [-0.25, -0.2) is 0 Å². The van der Waals surface area contributed by atoms with Crippen molar-refractivity contribution in [3.8, 4) is 0 Å². The van der Waals surface area contributed by atoms with Gasteiger partial charge >= 0.3 is 0 Å². The summed E-state index contributed by atoms with van der Waals surface area (Å²) in [5, 5.41) is 12.8. The van der Waals surface area contributed by atoms with Gasteiger partial charge in [-0.3, -0.25) is 4.79 Å². The van der Waals surface area contributed by atoms with Gasteiger partial charge in [-0.2, -0.15) is 0 Å². The van der Waals surface area contributed by atoms with E-state index in [9.17, 15) is 9.90 Å². The predicted octanol–water partition coefficient (Wildman–Crippen LogP) is 0.374. The molecular formula is C13H26N2O3. The summed E-state index contributed by atoms with van der Waals surface area (Å²) in [5.74, 6) is -0.0408. The number of nitrogens with one attached hydrogen (secondary N) is 1. The molecule has 1 rings (SSSR count). The van der Waals surface area contributed by atoms with Gasteiger partial charge < -0.3 is 20.1 Å². The molecule has 0 aromatic rings. The highest BCUT2D eigenvalue weighted by Gasteiger charge is 2.23. The molecule has 0 aromatic carbocycles. The van der Waals surface area contributed by atoms with Crippen molar-refractivity contribution in [2.75, 3.05) is 33.8 Å². The van der Waals surface area contributed by atoms with Gasteiger partial charge in [0, 0.05) is 19.7 Å². The lowest BCUT2D eigenvalue weighted by Crippen LogP contribution is -2.47. The fourth-order valence-electron chi connectivity index (χ4n) is 2.27. The minimum absolute atomic E-state index is 0.0408. The van der Waals surface area contributed by atoms with Crippen molar-refractivity contribution < 1.29 is 14.6 Å². The number of carbonyl (C=O) groups excluding carboxylic acids is 1. The van der Waals surface area contributed by atoms with Crippen LogP contribution >= 0.6 is 0 Å². The quantitative estimate of drug-likeness (QED) is 0.723. The highest BCUT2D eigenvalue weighted by atomic mass is 16.5. The average Bonchev–Trinajstić information content (AvgIpc) is 2.26. The van der Waals surface area contributed by atoms with E-state index >= 15 is 0 Å². The summed E-state index contributed by atoms with van der Waals surface area (Å²) in [6, 6.07) is 0. The zero-order valence-corrected chi connectivity index (χ0v) is 11.7. The molecule has 1 fully saturated rings. The van der Waals surface area contributed by atoms with Crippen molar-refractivity contribution in [1.29, 1.82) is 0 Å². The molecule has 1 heterocycles. The Hall–Kier alpha value is -0.650. The smallest absolute Gasteiger partial charge is 0.222 e. The van der Waals surface area contributed by atoms with E-state index in [1.807, 2.05) is 19.0 Å². The lowest BCUT2D eigenvalue weighted by atomic mass is 10.0. The third kappa shape index (κ3) is 6.33. The van der Waals surface area contributed by atoms with Crippen LogP contribution in [-0.4, -0.2) is 61.4 Å². The molecule has 2 unspecified atom stereocenters. The van der Waals surface area contributed by atoms with Gasteiger partial charge in [-0.1, -0.05) is 0 Å². The number of nitrogens with zero attached hydrogens (tertiary/aromatic N) is 1. The molecule has 0 aromatic heterocycles. The summed E-state index contributed by atoms with van der Waals surface area (Å²) in [4.78, 5) is 13.6. The molecule has 0 bridgehead atoms. The number of hydrogen-bond acceptors (Lipinski definition) is 4. The third-order valence-electron chi connectivity index (χ3n) is 3.01. The molecule has 5 nitrogen and oxygen atoms in total. The first-order chi connectivity index (χ1) is 8.39. The SMILES string of the molecule is CN(C)CC(C)(O)CNC(=O)CC1CCCCO1. The van der Waals surface area contributed by atoms with Crippen LogP contribution in [0.25, 0.3) is 0 Å². The first-order valence-electron chi connectivity index (χ1n) is 6.64. The first kappa shape index (κ1) is 15.4. The molecule has 2 atom stereocenters. The summed E-state index contributed by atoms with van der Waals surface area (Å²) in [5.41, 5.74) is -0.896. The van der Waals surface area contributed by atoms with Gasteiger partial charge in [0.25, 0.3) is 0 Å². The Morgan fingerprint density at radius 1 is 1.50 bits per heavy atom. The molecule has 0 spiro atoms. The van der Waals surface area contributed by atoms with E-state index in [0.717, 1.165) is 25.9 Å². The fourth-order valence-corrected chi connectivity index (χ4v) is 2.27. The second kappa shape index (κ2) is 7.07.